The highest BCUT2D eigenvalue weighted by atomic mass is 16.5. The molecule has 1 aromatic rings. The van der Waals surface area contributed by atoms with Crippen LogP contribution < -0.4 is 20.1 Å². The third kappa shape index (κ3) is 7.74. The van der Waals surface area contributed by atoms with Crippen molar-refractivity contribution in [3.63, 3.8) is 0 Å². The first-order valence-electron chi connectivity index (χ1n) is 8.02. The van der Waals surface area contributed by atoms with Crippen LogP contribution in [0, 0.1) is 5.92 Å². The maximum atomic E-state index is 9.06. The molecule has 0 aliphatic heterocycles. The molecule has 2 unspecified atom stereocenters. The van der Waals surface area contributed by atoms with Gasteiger partial charge < -0.3 is 25.2 Å². The van der Waals surface area contributed by atoms with E-state index in [1.165, 1.54) is 0 Å². The second-order valence-electron chi connectivity index (χ2n) is 5.50. The number of aliphatic imine (C=N–C) groups is 1. The molecular weight excluding hydrogens is 294 g/mol. The van der Waals surface area contributed by atoms with Gasteiger partial charge in [0.25, 0.3) is 0 Å². The van der Waals surface area contributed by atoms with Crippen molar-refractivity contribution in [1.82, 2.24) is 10.6 Å². The molecule has 0 saturated carbocycles. The number of aliphatic hydroxyl groups excluding tert-OH is 1. The Morgan fingerprint density at radius 3 is 2.65 bits per heavy atom. The van der Waals surface area contributed by atoms with E-state index in [2.05, 4.69) is 15.6 Å². The van der Waals surface area contributed by atoms with Crippen LogP contribution in [0.25, 0.3) is 0 Å². The number of guanidine groups is 1. The lowest BCUT2D eigenvalue weighted by atomic mass is 10.2. The Bertz CT molecular complexity index is 480. The standard InChI is InChI=1S/C17H29N3O3/c1-5-18-17(19-10-13(2)12-21)20-11-14(3)23-16-8-6-7-15(9-16)22-4/h6-9,13-14,21H,5,10-12H2,1-4H3,(H2,18,19,20). The van der Waals surface area contributed by atoms with Gasteiger partial charge in [0.05, 0.1) is 13.7 Å². The number of nitrogens with one attached hydrogen (secondary N) is 2. The quantitative estimate of drug-likeness (QED) is 0.476. The van der Waals surface area contributed by atoms with Crippen molar-refractivity contribution < 1.29 is 14.6 Å². The van der Waals surface area contributed by atoms with E-state index < -0.39 is 0 Å². The zero-order valence-corrected chi connectivity index (χ0v) is 14.5. The average molecular weight is 323 g/mol. The lowest BCUT2D eigenvalue weighted by Gasteiger charge is -2.18. The zero-order chi connectivity index (χ0) is 17.1. The summed E-state index contributed by atoms with van der Waals surface area (Å²) in [6.07, 6.45) is -0.0266. The molecule has 3 N–H and O–H groups in total. The molecule has 130 valence electrons. The third-order valence-electron chi connectivity index (χ3n) is 3.15. The van der Waals surface area contributed by atoms with Crippen LogP contribution in [0.3, 0.4) is 0 Å². The maximum Gasteiger partial charge on any atom is 0.191 e. The van der Waals surface area contributed by atoms with Crippen LogP contribution >= 0.6 is 0 Å². The summed E-state index contributed by atoms with van der Waals surface area (Å²) >= 11 is 0. The molecule has 1 rings (SSSR count). The number of methoxy groups -OCH3 is 1. The monoisotopic (exact) mass is 323 g/mol. The normalized spacial score (nSPS) is 14.0. The van der Waals surface area contributed by atoms with Crippen LogP contribution in [0.2, 0.25) is 0 Å². The second kappa shape index (κ2) is 10.7. The molecule has 0 spiro atoms. The second-order valence-corrected chi connectivity index (χ2v) is 5.50. The van der Waals surface area contributed by atoms with E-state index in [1.807, 2.05) is 45.0 Å². The Morgan fingerprint density at radius 1 is 1.26 bits per heavy atom. The Labute approximate surface area is 138 Å². The molecule has 6 nitrogen and oxygen atoms in total. The summed E-state index contributed by atoms with van der Waals surface area (Å²) in [6.45, 7) is 8.09. The van der Waals surface area contributed by atoms with Crippen LogP contribution in [0.1, 0.15) is 20.8 Å². The number of hydrogen-bond donors (Lipinski definition) is 3. The molecule has 0 radical (unpaired) electrons. The van der Waals surface area contributed by atoms with E-state index in [0.29, 0.717) is 13.1 Å². The summed E-state index contributed by atoms with van der Waals surface area (Å²) in [4.78, 5) is 4.45. The van der Waals surface area contributed by atoms with Crippen molar-refractivity contribution in [2.75, 3.05) is 33.4 Å². The number of ether oxygens (including phenoxy) is 2. The van der Waals surface area contributed by atoms with Crippen molar-refractivity contribution in [3.05, 3.63) is 24.3 Å². The average Bonchev–Trinajstić information content (AvgIpc) is 2.57. The minimum absolute atomic E-state index is 0.0266. The van der Waals surface area contributed by atoms with Crippen LogP contribution in [0.4, 0.5) is 0 Å². The van der Waals surface area contributed by atoms with Gasteiger partial charge in [-0.2, -0.15) is 0 Å². The predicted octanol–water partition coefficient (Wildman–Crippen LogP) is 1.65. The SMILES string of the molecule is CCNC(=NCC(C)CO)NCC(C)Oc1cccc(OC)c1. The molecule has 1 aromatic carbocycles. The molecule has 0 heterocycles. The molecule has 0 fully saturated rings. The summed E-state index contributed by atoms with van der Waals surface area (Å²) < 4.78 is 11.1. The Kier molecular flexibility index (Phi) is 8.90. The largest absolute Gasteiger partial charge is 0.497 e. The van der Waals surface area contributed by atoms with E-state index in [4.69, 9.17) is 14.6 Å². The van der Waals surface area contributed by atoms with E-state index in [9.17, 15) is 0 Å². The molecule has 0 aliphatic carbocycles. The van der Waals surface area contributed by atoms with Crippen LogP contribution in [-0.2, 0) is 0 Å². The first-order valence-corrected chi connectivity index (χ1v) is 8.02. The fourth-order valence-corrected chi connectivity index (χ4v) is 1.84. The fourth-order valence-electron chi connectivity index (χ4n) is 1.84. The van der Waals surface area contributed by atoms with Crippen molar-refractivity contribution in [1.29, 1.82) is 0 Å². The van der Waals surface area contributed by atoms with Gasteiger partial charge in [0.1, 0.15) is 17.6 Å². The van der Waals surface area contributed by atoms with Crippen LogP contribution in [0.5, 0.6) is 11.5 Å². The molecule has 0 bridgehead atoms. The lowest BCUT2D eigenvalue weighted by molar-refractivity contribution is 0.222. The van der Waals surface area contributed by atoms with E-state index in [-0.39, 0.29) is 18.6 Å². The van der Waals surface area contributed by atoms with Crippen molar-refractivity contribution in [2.45, 2.75) is 26.9 Å². The fraction of sp³-hybridized carbons (Fsp3) is 0.588. The van der Waals surface area contributed by atoms with Gasteiger partial charge in [-0.3, -0.25) is 4.99 Å². The number of benzene rings is 1. The van der Waals surface area contributed by atoms with Crippen LogP contribution in [-0.4, -0.2) is 50.5 Å². The number of nitrogens with zero attached hydrogens (tertiary/aromatic N) is 1. The number of rotatable bonds is 9. The van der Waals surface area contributed by atoms with Crippen molar-refractivity contribution in [3.8, 4) is 11.5 Å². The summed E-state index contributed by atoms with van der Waals surface area (Å²) in [5.41, 5.74) is 0. The zero-order valence-electron chi connectivity index (χ0n) is 14.5. The predicted molar refractivity (Wildman–Crippen MR) is 93.3 cm³/mol. The molecule has 0 aliphatic rings. The summed E-state index contributed by atoms with van der Waals surface area (Å²) in [6, 6.07) is 7.55. The minimum Gasteiger partial charge on any atom is -0.497 e. The number of hydrogen-bond acceptors (Lipinski definition) is 4. The highest BCUT2D eigenvalue weighted by Gasteiger charge is 2.07. The van der Waals surface area contributed by atoms with Gasteiger partial charge in [-0.05, 0) is 31.9 Å². The highest BCUT2D eigenvalue weighted by Crippen LogP contribution is 2.19. The maximum absolute atomic E-state index is 9.06. The van der Waals surface area contributed by atoms with E-state index in [1.54, 1.807) is 7.11 Å². The van der Waals surface area contributed by atoms with E-state index in [0.717, 1.165) is 24.0 Å². The van der Waals surface area contributed by atoms with E-state index >= 15 is 0 Å². The summed E-state index contributed by atoms with van der Waals surface area (Å²) in [5.74, 6) is 2.43. The molecule has 0 saturated heterocycles. The minimum atomic E-state index is -0.0266. The molecule has 0 aromatic heterocycles. The van der Waals surface area contributed by atoms with Crippen LogP contribution in [0.15, 0.2) is 29.3 Å². The summed E-state index contributed by atoms with van der Waals surface area (Å²) in [7, 11) is 1.64. The summed E-state index contributed by atoms with van der Waals surface area (Å²) in [5, 5.41) is 15.5. The van der Waals surface area contributed by atoms with Gasteiger partial charge in [-0.25, -0.2) is 0 Å². The van der Waals surface area contributed by atoms with Gasteiger partial charge >= 0.3 is 0 Å². The van der Waals surface area contributed by atoms with Gasteiger partial charge in [0.2, 0.25) is 0 Å². The Balaban J connectivity index is 2.49. The molecule has 23 heavy (non-hydrogen) atoms. The third-order valence-corrected chi connectivity index (χ3v) is 3.15. The van der Waals surface area contributed by atoms with Gasteiger partial charge in [0, 0.05) is 25.8 Å². The topological polar surface area (TPSA) is 75.1 Å². The number of aliphatic hydroxyl groups is 1. The highest BCUT2D eigenvalue weighted by molar-refractivity contribution is 5.79. The van der Waals surface area contributed by atoms with Crippen molar-refractivity contribution in [2.24, 2.45) is 10.9 Å². The molecule has 0 amide bonds. The smallest absolute Gasteiger partial charge is 0.191 e. The first-order chi connectivity index (χ1) is 11.1. The van der Waals surface area contributed by atoms with Gasteiger partial charge in [-0.1, -0.05) is 13.0 Å². The Hall–Kier alpha value is -1.95. The van der Waals surface area contributed by atoms with Gasteiger partial charge in [0.15, 0.2) is 5.96 Å². The molecule has 6 heteroatoms. The molecule has 2 atom stereocenters. The van der Waals surface area contributed by atoms with Gasteiger partial charge in [-0.15, -0.1) is 0 Å². The van der Waals surface area contributed by atoms with Crippen molar-refractivity contribution >= 4 is 5.96 Å². The molecular formula is C17H29N3O3. The Morgan fingerprint density at radius 2 is 2.00 bits per heavy atom. The first kappa shape index (κ1) is 19.1. The lowest BCUT2D eigenvalue weighted by Crippen LogP contribution is -2.42.